The van der Waals surface area contributed by atoms with Crippen LogP contribution in [0.1, 0.15) is 25.3 Å². The van der Waals surface area contributed by atoms with Crippen molar-refractivity contribution in [1.29, 1.82) is 0 Å². The van der Waals surface area contributed by atoms with E-state index in [9.17, 15) is 5.11 Å². The number of hydrogen-bond acceptors (Lipinski definition) is 2. The molecular formula is C11H16O2. The first-order valence-electron chi connectivity index (χ1n) is 4.63. The first kappa shape index (κ1) is 10.1. The van der Waals surface area contributed by atoms with Crippen LogP contribution in [0.15, 0.2) is 24.3 Å². The zero-order valence-corrected chi connectivity index (χ0v) is 8.16. The van der Waals surface area contributed by atoms with Gasteiger partial charge in [-0.25, -0.2) is 0 Å². The lowest BCUT2D eigenvalue weighted by Crippen LogP contribution is -2.14. The lowest BCUT2D eigenvalue weighted by molar-refractivity contribution is -0.0233. The molecule has 0 bridgehead atoms. The minimum absolute atomic E-state index is 0.674. The Bertz CT molecular complexity index is 258. The Hall–Kier alpha value is -1.02. The van der Waals surface area contributed by atoms with Crippen LogP contribution in [0.25, 0.3) is 0 Å². The van der Waals surface area contributed by atoms with Crippen LogP contribution < -0.4 is 4.74 Å². The molecular weight excluding hydrogens is 164 g/mol. The van der Waals surface area contributed by atoms with Gasteiger partial charge in [0.25, 0.3) is 0 Å². The summed E-state index contributed by atoms with van der Waals surface area (Å²) in [6.45, 7) is 4.02. The molecule has 0 aliphatic heterocycles. The zero-order valence-electron chi connectivity index (χ0n) is 8.16. The van der Waals surface area contributed by atoms with Gasteiger partial charge >= 0.3 is 0 Å². The number of ether oxygens (including phenoxy) is 1. The summed E-state index contributed by atoms with van der Waals surface area (Å²) in [5.74, 6) is 0.737. The van der Waals surface area contributed by atoms with Crippen LogP contribution in [0.2, 0.25) is 0 Å². The van der Waals surface area contributed by atoms with Crippen molar-refractivity contribution in [2.75, 3.05) is 0 Å². The van der Waals surface area contributed by atoms with E-state index in [1.807, 2.05) is 38.1 Å². The van der Waals surface area contributed by atoms with E-state index in [0.717, 1.165) is 17.7 Å². The smallest absolute Gasteiger partial charge is 0.197 e. The van der Waals surface area contributed by atoms with E-state index in [0.29, 0.717) is 6.42 Å². The number of aliphatic hydroxyl groups is 1. The molecule has 0 heterocycles. The third-order valence-electron chi connectivity index (χ3n) is 1.80. The predicted molar refractivity (Wildman–Crippen MR) is 52.7 cm³/mol. The van der Waals surface area contributed by atoms with Crippen molar-refractivity contribution < 1.29 is 9.84 Å². The second-order valence-corrected chi connectivity index (χ2v) is 3.18. The van der Waals surface area contributed by atoms with E-state index >= 15 is 0 Å². The van der Waals surface area contributed by atoms with Crippen LogP contribution in [0.3, 0.4) is 0 Å². The Labute approximate surface area is 79.2 Å². The molecule has 0 aliphatic carbocycles. The van der Waals surface area contributed by atoms with Crippen molar-refractivity contribution in [2.45, 2.75) is 33.0 Å². The molecule has 2 nitrogen and oxygen atoms in total. The van der Waals surface area contributed by atoms with Crippen LogP contribution in [0.4, 0.5) is 0 Å². The highest BCUT2D eigenvalue weighted by Crippen LogP contribution is 2.14. The van der Waals surface area contributed by atoms with Crippen molar-refractivity contribution in [3.63, 3.8) is 0 Å². The molecule has 0 radical (unpaired) electrons. The summed E-state index contributed by atoms with van der Waals surface area (Å²) >= 11 is 0. The average molecular weight is 180 g/mol. The van der Waals surface area contributed by atoms with Crippen LogP contribution in [-0.4, -0.2) is 11.4 Å². The molecule has 1 N–H and O–H groups in total. The van der Waals surface area contributed by atoms with Gasteiger partial charge in [-0.3, -0.25) is 0 Å². The minimum Gasteiger partial charge on any atom is -0.465 e. The van der Waals surface area contributed by atoms with Gasteiger partial charge in [-0.15, -0.1) is 0 Å². The van der Waals surface area contributed by atoms with Crippen molar-refractivity contribution in [1.82, 2.24) is 0 Å². The van der Waals surface area contributed by atoms with Crippen LogP contribution in [0, 0.1) is 6.92 Å². The molecule has 0 fully saturated rings. The van der Waals surface area contributed by atoms with Crippen LogP contribution in [-0.2, 0) is 0 Å². The Balaban J connectivity index is 2.53. The predicted octanol–water partition coefficient (Wildman–Crippen LogP) is 2.49. The minimum atomic E-state index is -0.674. The monoisotopic (exact) mass is 180 g/mol. The summed E-state index contributed by atoms with van der Waals surface area (Å²) in [5.41, 5.74) is 1.14. The quantitative estimate of drug-likeness (QED) is 0.721. The molecule has 0 saturated heterocycles. The van der Waals surface area contributed by atoms with E-state index in [-0.39, 0.29) is 0 Å². The molecule has 0 amide bonds. The van der Waals surface area contributed by atoms with E-state index in [4.69, 9.17) is 4.74 Å². The first-order chi connectivity index (χ1) is 6.22. The molecule has 1 atom stereocenters. The molecule has 1 rings (SSSR count). The van der Waals surface area contributed by atoms with Gasteiger partial charge in [-0.2, -0.15) is 0 Å². The third kappa shape index (κ3) is 3.47. The van der Waals surface area contributed by atoms with Gasteiger partial charge in [0, 0.05) is 6.42 Å². The molecule has 2 heteroatoms. The van der Waals surface area contributed by atoms with Crippen molar-refractivity contribution in [3.05, 3.63) is 29.8 Å². The molecule has 0 aromatic heterocycles. The summed E-state index contributed by atoms with van der Waals surface area (Å²) in [4.78, 5) is 0. The van der Waals surface area contributed by atoms with Crippen molar-refractivity contribution >= 4 is 0 Å². The SMILES string of the molecule is CCCC(O)Oc1cccc(C)c1. The maximum absolute atomic E-state index is 9.37. The Morgan fingerprint density at radius 3 is 2.85 bits per heavy atom. The second-order valence-electron chi connectivity index (χ2n) is 3.18. The fraction of sp³-hybridized carbons (Fsp3) is 0.455. The largest absolute Gasteiger partial charge is 0.465 e. The summed E-state index contributed by atoms with van der Waals surface area (Å²) in [5, 5.41) is 9.37. The topological polar surface area (TPSA) is 29.5 Å². The summed E-state index contributed by atoms with van der Waals surface area (Å²) in [6.07, 6.45) is 0.924. The zero-order chi connectivity index (χ0) is 9.68. The third-order valence-corrected chi connectivity index (χ3v) is 1.80. The molecule has 0 saturated carbocycles. The van der Waals surface area contributed by atoms with Gasteiger partial charge in [-0.05, 0) is 24.6 Å². The normalized spacial score (nSPS) is 12.5. The summed E-state index contributed by atoms with van der Waals surface area (Å²) < 4.78 is 5.29. The molecule has 0 aliphatic rings. The Morgan fingerprint density at radius 1 is 1.46 bits per heavy atom. The van der Waals surface area contributed by atoms with Gasteiger partial charge in [0.2, 0.25) is 0 Å². The summed E-state index contributed by atoms with van der Waals surface area (Å²) in [6, 6.07) is 7.69. The molecule has 1 aromatic rings. The van der Waals surface area contributed by atoms with Gasteiger partial charge in [0.1, 0.15) is 5.75 Å². The highest BCUT2D eigenvalue weighted by atomic mass is 16.6. The lowest BCUT2D eigenvalue weighted by atomic mass is 10.2. The van der Waals surface area contributed by atoms with Crippen molar-refractivity contribution in [3.8, 4) is 5.75 Å². The standard InChI is InChI=1S/C11H16O2/c1-3-5-11(12)13-10-7-4-6-9(2)8-10/h4,6-8,11-12H,3,5H2,1-2H3. The maximum atomic E-state index is 9.37. The maximum Gasteiger partial charge on any atom is 0.197 e. The first-order valence-corrected chi connectivity index (χ1v) is 4.63. The molecule has 13 heavy (non-hydrogen) atoms. The number of aliphatic hydroxyl groups excluding tert-OH is 1. The van der Waals surface area contributed by atoms with Crippen LogP contribution >= 0.6 is 0 Å². The Kier molecular flexibility index (Phi) is 3.77. The average Bonchev–Trinajstić information content (AvgIpc) is 2.04. The number of hydrogen-bond donors (Lipinski definition) is 1. The van der Waals surface area contributed by atoms with Crippen LogP contribution in [0.5, 0.6) is 5.75 Å². The highest BCUT2D eigenvalue weighted by Gasteiger charge is 2.03. The molecule has 1 aromatic carbocycles. The highest BCUT2D eigenvalue weighted by molar-refractivity contribution is 5.27. The number of benzene rings is 1. The van der Waals surface area contributed by atoms with Crippen molar-refractivity contribution in [2.24, 2.45) is 0 Å². The van der Waals surface area contributed by atoms with E-state index < -0.39 is 6.29 Å². The number of rotatable bonds is 4. The lowest BCUT2D eigenvalue weighted by Gasteiger charge is -2.12. The summed E-state index contributed by atoms with van der Waals surface area (Å²) in [7, 11) is 0. The van der Waals surface area contributed by atoms with E-state index in [1.165, 1.54) is 0 Å². The van der Waals surface area contributed by atoms with E-state index in [1.54, 1.807) is 0 Å². The molecule has 1 unspecified atom stereocenters. The van der Waals surface area contributed by atoms with Gasteiger partial charge < -0.3 is 9.84 Å². The fourth-order valence-corrected chi connectivity index (χ4v) is 1.15. The molecule has 0 spiro atoms. The van der Waals surface area contributed by atoms with Gasteiger partial charge in [0.05, 0.1) is 0 Å². The fourth-order valence-electron chi connectivity index (χ4n) is 1.15. The van der Waals surface area contributed by atoms with Gasteiger partial charge in [0.15, 0.2) is 6.29 Å². The molecule has 72 valence electrons. The second kappa shape index (κ2) is 4.87. The number of aryl methyl sites for hydroxylation is 1. The van der Waals surface area contributed by atoms with E-state index in [2.05, 4.69) is 0 Å². The van der Waals surface area contributed by atoms with Gasteiger partial charge in [-0.1, -0.05) is 25.5 Å². The Morgan fingerprint density at radius 2 is 2.23 bits per heavy atom.